The summed E-state index contributed by atoms with van der Waals surface area (Å²) in [5.41, 5.74) is 0.769. The van der Waals surface area contributed by atoms with Crippen LogP contribution in [0.3, 0.4) is 0 Å². The van der Waals surface area contributed by atoms with Gasteiger partial charge < -0.3 is 5.32 Å². The van der Waals surface area contributed by atoms with Crippen LogP contribution in [0.1, 0.15) is 84.0 Å². The first kappa shape index (κ1) is 14.1. The van der Waals surface area contributed by atoms with Crippen molar-refractivity contribution < 1.29 is 0 Å². The van der Waals surface area contributed by atoms with Crippen LogP contribution >= 0.6 is 0 Å². The van der Waals surface area contributed by atoms with Crippen LogP contribution < -0.4 is 5.32 Å². The third-order valence-electron chi connectivity index (χ3n) is 5.12. The average Bonchev–Trinajstić information content (AvgIpc) is 2.34. The van der Waals surface area contributed by atoms with E-state index in [1.165, 1.54) is 70.6 Å². The normalized spacial score (nSPS) is 38.7. The van der Waals surface area contributed by atoms with Crippen molar-refractivity contribution in [1.82, 2.24) is 5.32 Å². The second kappa shape index (κ2) is 6.23. The van der Waals surface area contributed by atoms with E-state index in [-0.39, 0.29) is 0 Å². The third-order valence-corrected chi connectivity index (χ3v) is 5.12. The molecule has 0 aromatic heterocycles. The predicted octanol–water partition coefficient (Wildman–Crippen LogP) is 4.97. The maximum atomic E-state index is 4.07. The monoisotopic (exact) mass is 249 g/mol. The van der Waals surface area contributed by atoms with Crippen molar-refractivity contribution in [2.75, 3.05) is 0 Å². The van der Waals surface area contributed by atoms with Crippen LogP contribution in [0, 0.1) is 0 Å². The van der Waals surface area contributed by atoms with Gasteiger partial charge in [-0.3, -0.25) is 0 Å². The van der Waals surface area contributed by atoms with Crippen molar-refractivity contribution in [2.45, 2.75) is 95.1 Å². The summed E-state index contributed by atoms with van der Waals surface area (Å²) < 4.78 is 0. The second-order valence-corrected chi connectivity index (χ2v) is 6.93. The smallest absolute Gasteiger partial charge is 0.0220 e. The largest absolute Gasteiger partial charge is 0.306 e. The van der Waals surface area contributed by atoms with E-state index in [0.29, 0.717) is 11.1 Å². The van der Waals surface area contributed by atoms with Gasteiger partial charge in [-0.2, -0.15) is 0 Å². The van der Waals surface area contributed by atoms with Gasteiger partial charge in [0.1, 0.15) is 0 Å². The highest BCUT2D eigenvalue weighted by Crippen LogP contribution is 2.38. The summed E-state index contributed by atoms with van der Waals surface area (Å²) in [6.07, 6.45) is 18.7. The van der Waals surface area contributed by atoms with Crippen LogP contribution in [-0.4, -0.2) is 11.1 Å². The van der Waals surface area contributed by atoms with Gasteiger partial charge in [0, 0.05) is 11.1 Å². The van der Waals surface area contributed by atoms with E-state index in [0.717, 1.165) is 6.42 Å². The Morgan fingerprint density at radius 2 is 1.44 bits per heavy atom. The zero-order chi connectivity index (χ0) is 12.9. The molecule has 0 radical (unpaired) electrons. The fourth-order valence-corrected chi connectivity index (χ4v) is 4.17. The van der Waals surface area contributed by atoms with Gasteiger partial charge in [0.25, 0.3) is 0 Å². The summed E-state index contributed by atoms with van der Waals surface area (Å²) in [5.74, 6) is 0. The van der Waals surface area contributed by atoms with Crippen LogP contribution in [-0.2, 0) is 0 Å². The van der Waals surface area contributed by atoms with Crippen molar-refractivity contribution in [1.29, 1.82) is 0 Å². The molecule has 104 valence electrons. The van der Waals surface area contributed by atoms with Crippen LogP contribution in [0.5, 0.6) is 0 Å². The van der Waals surface area contributed by atoms with E-state index in [9.17, 15) is 0 Å². The Hall–Kier alpha value is -0.300. The maximum Gasteiger partial charge on any atom is 0.0220 e. The van der Waals surface area contributed by atoms with Gasteiger partial charge in [-0.1, -0.05) is 44.6 Å². The molecule has 1 nitrogen and oxygen atoms in total. The van der Waals surface area contributed by atoms with Crippen LogP contribution in [0.4, 0.5) is 0 Å². The van der Waals surface area contributed by atoms with Gasteiger partial charge in [-0.15, -0.1) is 6.58 Å². The highest BCUT2D eigenvalue weighted by molar-refractivity contribution is 5.03. The van der Waals surface area contributed by atoms with E-state index in [4.69, 9.17) is 0 Å². The Bertz CT molecular complexity index is 273. The number of fused-ring (bicyclic) bond motifs is 2. The van der Waals surface area contributed by atoms with Crippen molar-refractivity contribution >= 4 is 0 Å². The SMILES string of the molecule is C=CCC12CCCCCCCCC(C)(CCC1)N2. The summed E-state index contributed by atoms with van der Waals surface area (Å²) in [4.78, 5) is 0. The van der Waals surface area contributed by atoms with Crippen molar-refractivity contribution in [3.8, 4) is 0 Å². The molecule has 0 spiro atoms. The Balaban J connectivity index is 2.10. The molecule has 0 saturated carbocycles. The zero-order valence-corrected chi connectivity index (χ0v) is 12.3. The minimum atomic E-state index is 0.374. The quantitative estimate of drug-likeness (QED) is 0.681. The first-order valence-corrected chi connectivity index (χ1v) is 8.08. The lowest BCUT2D eigenvalue weighted by Crippen LogP contribution is -2.59. The molecule has 0 aliphatic carbocycles. The van der Waals surface area contributed by atoms with E-state index in [1.807, 2.05) is 0 Å². The Kier molecular flexibility index (Phi) is 4.89. The molecule has 2 heterocycles. The molecule has 0 aromatic rings. The summed E-state index contributed by atoms with van der Waals surface area (Å²) in [6, 6.07) is 0. The molecule has 2 aliphatic rings. The topological polar surface area (TPSA) is 12.0 Å². The van der Waals surface area contributed by atoms with E-state index in [2.05, 4.69) is 24.9 Å². The lowest BCUT2D eigenvalue weighted by atomic mass is 9.74. The van der Waals surface area contributed by atoms with Gasteiger partial charge in [0.2, 0.25) is 0 Å². The summed E-state index contributed by atoms with van der Waals surface area (Å²) in [7, 11) is 0. The van der Waals surface area contributed by atoms with Crippen molar-refractivity contribution in [3.63, 3.8) is 0 Å². The van der Waals surface area contributed by atoms with Crippen LogP contribution in [0.15, 0.2) is 12.7 Å². The van der Waals surface area contributed by atoms with Crippen molar-refractivity contribution in [3.05, 3.63) is 12.7 Å². The molecular formula is C17H31N. The highest BCUT2D eigenvalue weighted by Gasteiger charge is 2.39. The number of piperidine rings is 1. The Labute approximate surface area is 113 Å². The molecule has 0 aromatic carbocycles. The van der Waals surface area contributed by atoms with Crippen molar-refractivity contribution in [2.24, 2.45) is 0 Å². The van der Waals surface area contributed by atoms with E-state index < -0.39 is 0 Å². The summed E-state index contributed by atoms with van der Waals surface area (Å²) in [5, 5.41) is 4.07. The predicted molar refractivity (Wildman–Crippen MR) is 79.9 cm³/mol. The maximum absolute atomic E-state index is 4.07. The van der Waals surface area contributed by atoms with Gasteiger partial charge in [0.15, 0.2) is 0 Å². The first-order chi connectivity index (χ1) is 8.68. The van der Waals surface area contributed by atoms with Gasteiger partial charge >= 0.3 is 0 Å². The van der Waals surface area contributed by atoms with Gasteiger partial charge in [0.05, 0.1) is 0 Å². The standard InChI is InChI=1S/C17H31N/c1-3-11-17-14-9-7-5-4-6-8-12-16(2,18-17)13-10-15-17/h3,18H,1,4-15H2,2H3. The first-order valence-electron chi connectivity index (χ1n) is 8.08. The lowest BCUT2D eigenvalue weighted by molar-refractivity contribution is 0.121. The zero-order valence-electron chi connectivity index (χ0n) is 12.3. The summed E-state index contributed by atoms with van der Waals surface area (Å²) >= 11 is 0. The van der Waals surface area contributed by atoms with Crippen LogP contribution in [0.2, 0.25) is 0 Å². The number of nitrogens with one attached hydrogen (secondary N) is 1. The number of hydrogen-bond donors (Lipinski definition) is 1. The minimum absolute atomic E-state index is 0.374. The molecule has 2 bridgehead atoms. The van der Waals surface area contributed by atoms with E-state index in [1.54, 1.807) is 0 Å². The third kappa shape index (κ3) is 3.60. The fraction of sp³-hybridized carbons (Fsp3) is 0.882. The molecule has 1 heteroatoms. The molecule has 2 aliphatic heterocycles. The molecule has 2 atom stereocenters. The molecule has 1 N–H and O–H groups in total. The molecule has 2 fully saturated rings. The molecule has 2 unspecified atom stereocenters. The summed E-state index contributed by atoms with van der Waals surface area (Å²) in [6.45, 7) is 6.45. The number of hydrogen-bond acceptors (Lipinski definition) is 1. The lowest BCUT2D eigenvalue weighted by Gasteiger charge is -2.48. The molecular weight excluding hydrogens is 218 g/mol. The van der Waals surface area contributed by atoms with E-state index >= 15 is 0 Å². The van der Waals surface area contributed by atoms with Gasteiger partial charge in [-0.25, -0.2) is 0 Å². The molecule has 2 rings (SSSR count). The Morgan fingerprint density at radius 3 is 2.17 bits per heavy atom. The highest BCUT2D eigenvalue weighted by atomic mass is 15.1. The average molecular weight is 249 g/mol. The molecule has 0 amide bonds. The molecule has 2 saturated heterocycles. The Morgan fingerprint density at radius 1 is 0.889 bits per heavy atom. The minimum Gasteiger partial charge on any atom is -0.306 e. The fourth-order valence-electron chi connectivity index (χ4n) is 4.17. The second-order valence-electron chi connectivity index (χ2n) is 6.93. The van der Waals surface area contributed by atoms with Gasteiger partial charge in [-0.05, 0) is 45.4 Å². The van der Waals surface area contributed by atoms with Crippen LogP contribution in [0.25, 0.3) is 0 Å². The molecule has 18 heavy (non-hydrogen) atoms. The number of rotatable bonds is 2.